The first-order valence-electron chi connectivity index (χ1n) is 8.38. The zero-order valence-electron chi connectivity index (χ0n) is 13.5. The summed E-state index contributed by atoms with van der Waals surface area (Å²) in [5, 5.41) is 0. The summed E-state index contributed by atoms with van der Waals surface area (Å²) in [5.74, 6) is 0.943. The fraction of sp³-hybridized carbons (Fsp3) is 0.611. The van der Waals surface area contributed by atoms with Crippen molar-refractivity contribution in [1.82, 2.24) is 9.80 Å². The van der Waals surface area contributed by atoms with Gasteiger partial charge in [0.05, 0.1) is 0 Å². The van der Waals surface area contributed by atoms with Gasteiger partial charge in [-0.1, -0.05) is 17.7 Å². The van der Waals surface area contributed by atoms with Gasteiger partial charge in [-0.3, -0.25) is 9.69 Å². The highest BCUT2D eigenvalue weighted by Gasteiger charge is 2.24. The summed E-state index contributed by atoms with van der Waals surface area (Å²) in [6.07, 6.45) is 2.37. The molecule has 4 heteroatoms. The number of benzene rings is 1. The summed E-state index contributed by atoms with van der Waals surface area (Å²) < 4.78 is 5.42. The third-order valence-electron chi connectivity index (χ3n) is 4.82. The Kier molecular flexibility index (Phi) is 5.11. The van der Waals surface area contributed by atoms with Crippen LogP contribution in [0.3, 0.4) is 0 Å². The third-order valence-corrected chi connectivity index (χ3v) is 4.82. The van der Waals surface area contributed by atoms with Crippen molar-refractivity contribution in [3.8, 4) is 0 Å². The molecule has 0 N–H and O–H groups in total. The van der Waals surface area contributed by atoms with Crippen LogP contribution in [-0.4, -0.2) is 61.6 Å². The maximum Gasteiger partial charge on any atom is 0.253 e. The first-order chi connectivity index (χ1) is 10.7. The standard InChI is InChI=1S/C18H26N2O2/c1-15-2-4-17(5-3-15)18(21)20-10-8-19(9-11-20)14-16-6-12-22-13-7-16/h2-5,16H,6-14H2,1H3. The lowest BCUT2D eigenvalue weighted by molar-refractivity contribution is 0.0393. The molecule has 0 saturated carbocycles. The fourth-order valence-corrected chi connectivity index (χ4v) is 3.31. The van der Waals surface area contributed by atoms with E-state index in [0.717, 1.165) is 57.4 Å². The van der Waals surface area contributed by atoms with Gasteiger partial charge in [0, 0.05) is 51.5 Å². The average molecular weight is 302 g/mol. The number of amides is 1. The Morgan fingerprint density at radius 2 is 1.73 bits per heavy atom. The Labute approximate surface area is 133 Å². The van der Waals surface area contributed by atoms with E-state index in [1.165, 1.54) is 18.4 Å². The van der Waals surface area contributed by atoms with Gasteiger partial charge in [0.25, 0.3) is 5.91 Å². The molecule has 0 spiro atoms. The molecular weight excluding hydrogens is 276 g/mol. The van der Waals surface area contributed by atoms with E-state index in [1.54, 1.807) is 0 Å². The number of hydrogen-bond donors (Lipinski definition) is 0. The monoisotopic (exact) mass is 302 g/mol. The van der Waals surface area contributed by atoms with E-state index in [1.807, 2.05) is 36.1 Å². The van der Waals surface area contributed by atoms with Crippen molar-refractivity contribution in [1.29, 1.82) is 0 Å². The van der Waals surface area contributed by atoms with Gasteiger partial charge in [-0.05, 0) is 37.8 Å². The van der Waals surface area contributed by atoms with Crippen LogP contribution in [0.25, 0.3) is 0 Å². The molecule has 2 fully saturated rings. The summed E-state index contributed by atoms with van der Waals surface area (Å²) >= 11 is 0. The molecule has 0 aliphatic carbocycles. The largest absolute Gasteiger partial charge is 0.381 e. The fourth-order valence-electron chi connectivity index (χ4n) is 3.31. The van der Waals surface area contributed by atoms with Crippen molar-refractivity contribution in [3.63, 3.8) is 0 Å². The predicted molar refractivity (Wildman–Crippen MR) is 87.1 cm³/mol. The van der Waals surface area contributed by atoms with Crippen LogP contribution in [0.15, 0.2) is 24.3 Å². The van der Waals surface area contributed by atoms with Crippen LogP contribution in [0.5, 0.6) is 0 Å². The van der Waals surface area contributed by atoms with E-state index in [9.17, 15) is 4.79 Å². The van der Waals surface area contributed by atoms with Crippen molar-refractivity contribution in [2.75, 3.05) is 45.9 Å². The first kappa shape index (κ1) is 15.5. The van der Waals surface area contributed by atoms with E-state index >= 15 is 0 Å². The Hall–Kier alpha value is -1.39. The van der Waals surface area contributed by atoms with Crippen molar-refractivity contribution in [3.05, 3.63) is 35.4 Å². The highest BCUT2D eigenvalue weighted by Crippen LogP contribution is 2.17. The molecule has 4 nitrogen and oxygen atoms in total. The summed E-state index contributed by atoms with van der Waals surface area (Å²) in [4.78, 5) is 17.0. The maximum atomic E-state index is 12.5. The summed E-state index contributed by atoms with van der Waals surface area (Å²) in [7, 11) is 0. The molecule has 2 heterocycles. The smallest absolute Gasteiger partial charge is 0.253 e. The van der Waals surface area contributed by atoms with E-state index < -0.39 is 0 Å². The van der Waals surface area contributed by atoms with E-state index in [-0.39, 0.29) is 5.91 Å². The molecule has 0 bridgehead atoms. The number of ether oxygens (including phenoxy) is 1. The Balaban J connectivity index is 1.48. The molecular formula is C18H26N2O2. The Morgan fingerprint density at radius 1 is 1.09 bits per heavy atom. The number of carbonyl (C=O) groups excluding carboxylic acids is 1. The van der Waals surface area contributed by atoms with Gasteiger partial charge in [0.1, 0.15) is 0 Å². The molecule has 1 aromatic carbocycles. The zero-order chi connectivity index (χ0) is 15.4. The molecule has 22 heavy (non-hydrogen) atoms. The van der Waals surface area contributed by atoms with Crippen molar-refractivity contribution >= 4 is 5.91 Å². The maximum absolute atomic E-state index is 12.5. The lowest BCUT2D eigenvalue weighted by Crippen LogP contribution is -2.50. The molecule has 2 aliphatic rings. The van der Waals surface area contributed by atoms with Crippen molar-refractivity contribution in [2.45, 2.75) is 19.8 Å². The van der Waals surface area contributed by atoms with E-state index in [0.29, 0.717) is 0 Å². The minimum absolute atomic E-state index is 0.172. The molecule has 1 aromatic rings. The number of aryl methyl sites for hydroxylation is 1. The lowest BCUT2D eigenvalue weighted by atomic mass is 9.99. The van der Waals surface area contributed by atoms with E-state index in [4.69, 9.17) is 4.74 Å². The predicted octanol–water partition coefficient (Wildman–Crippen LogP) is 2.18. The first-order valence-corrected chi connectivity index (χ1v) is 8.38. The summed E-state index contributed by atoms with van der Waals surface area (Å²) in [6, 6.07) is 7.89. The molecule has 0 radical (unpaired) electrons. The number of hydrogen-bond acceptors (Lipinski definition) is 3. The quantitative estimate of drug-likeness (QED) is 0.858. The van der Waals surface area contributed by atoms with Crippen LogP contribution >= 0.6 is 0 Å². The molecule has 0 atom stereocenters. The second-order valence-corrected chi connectivity index (χ2v) is 6.51. The highest BCUT2D eigenvalue weighted by atomic mass is 16.5. The lowest BCUT2D eigenvalue weighted by Gasteiger charge is -2.37. The molecule has 0 unspecified atom stereocenters. The van der Waals surface area contributed by atoms with Gasteiger partial charge in [0.15, 0.2) is 0 Å². The minimum atomic E-state index is 0.172. The van der Waals surface area contributed by atoms with Crippen LogP contribution in [0.1, 0.15) is 28.8 Å². The van der Waals surface area contributed by atoms with Crippen molar-refractivity contribution < 1.29 is 9.53 Å². The van der Waals surface area contributed by atoms with Crippen LogP contribution in [0, 0.1) is 12.8 Å². The molecule has 2 saturated heterocycles. The summed E-state index contributed by atoms with van der Waals surface area (Å²) in [5.41, 5.74) is 2.00. The topological polar surface area (TPSA) is 32.8 Å². The Bertz CT molecular complexity index is 486. The van der Waals surface area contributed by atoms with Crippen LogP contribution in [0.2, 0.25) is 0 Å². The second-order valence-electron chi connectivity index (χ2n) is 6.51. The molecule has 3 rings (SSSR count). The normalized spacial score (nSPS) is 21.0. The van der Waals surface area contributed by atoms with Gasteiger partial charge >= 0.3 is 0 Å². The number of rotatable bonds is 3. The third kappa shape index (κ3) is 3.87. The second kappa shape index (κ2) is 7.25. The van der Waals surface area contributed by atoms with Gasteiger partial charge in [-0.15, -0.1) is 0 Å². The van der Waals surface area contributed by atoms with Crippen LogP contribution in [0.4, 0.5) is 0 Å². The Morgan fingerprint density at radius 3 is 2.36 bits per heavy atom. The molecule has 1 amide bonds. The molecule has 120 valence electrons. The van der Waals surface area contributed by atoms with Crippen molar-refractivity contribution in [2.24, 2.45) is 5.92 Å². The van der Waals surface area contributed by atoms with Gasteiger partial charge in [0.2, 0.25) is 0 Å². The summed E-state index contributed by atoms with van der Waals surface area (Å²) in [6.45, 7) is 8.71. The minimum Gasteiger partial charge on any atom is -0.381 e. The zero-order valence-corrected chi connectivity index (χ0v) is 13.5. The van der Waals surface area contributed by atoms with Gasteiger partial charge < -0.3 is 9.64 Å². The molecule has 2 aliphatic heterocycles. The number of piperazine rings is 1. The SMILES string of the molecule is Cc1ccc(C(=O)N2CCN(CC3CCOCC3)CC2)cc1. The highest BCUT2D eigenvalue weighted by molar-refractivity contribution is 5.94. The van der Waals surface area contributed by atoms with Gasteiger partial charge in [-0.25, -0.2) is 0 Å². The number of carbonyl (C=O) groups is 1. The van der Waals surface area contributed by atoms with Crippen LogP contribution < -0.4 is 0 Å². The van der Waals surface area contributed by atoms with E-state index in [2.05, 4.69) is 4.90 Å². The van der Waals surface area contributed by atoms with Gasteiger partial charge in [-0.2, -0.15) is 0 Å². The average Bonchev–Trinajstić information content (AvgIpc) is 2.57. The number of nitrogens with zero attached hydrogens (tertiary/aromatic N) is 2. The molecule has 0 aromatic heterocycles. The van der Waals surface area contributed by atoms with Crippen LogP contribution in [-0.2, 0) is 4.74 Å².